The van der Waals surface area contributed by atoms with Crippen LogP contribution in [0, 0.1) is 17.0 Å². The van der Waals surface area contributed by atoms with Crippen molar-refractivity contribution in [3.63, 3.8) is 0 Å². The number of nitro benzene ring substituents is 1. The molecule has 25 heavy (non-hydrogen) atoms. The first kappa shape index (κ1) is 17.7. The predicted octanol–water partition coefficient (Wildman–Crippen LogP) is 4.08. The van der Waals surface area contributed by atoms with E-state index in [4.69, 9.17) is 4.98 Å². The van der Waals surface area contributed by atoms with Crippen molar-refractivity contribution in [1.29, 1.82) is 0 Å². The highest BCUT2D eigenvalue weighted by Crippen LogP contribution is 2.27. The lowest BCUT2D eigenvalue weighted by atomic mass is 10.2. The van der Waals surface area contributed by atoms with Crippen LogP contribution in [-0.2, 0) is 0 Å². The van der Waals surface area contributed by atoms with E-state index < -0.39 is 4.92 Å². The Kier molecular flexibility index (Phi) is 5.53. The molecule has 2 heterocycles. The van der Waals surface area contributed by atoms with Gasteiger partial charge in [0.15, 0.2) is 5.82 Å². The van der Waals surface area contributed by atoms with Crippen LogP contribution in [0.4, 0.5) is 11.5 Å². The normalized spacial score (nSPS) is 18.0. The zero-order valence-electron chi connectivity index (χ0n) is 14.5. The van der Waals surface area contributed by atoms with Crippen LogP contribution in [0.5, 0.6) is 0 Å². The Labute approximate surface area is 151 Å². The van der Waals surface area contributed by atoms with Gasteiger partial charge in [-0.15, -0.1) is 0 Å². The first-order valence-electron chi connectivity index (χ1n) is 8.45. The molecule has 0 N–H and O–H groups in total. The second-order valence-electron chi connectivity index (χ2n) is 6.30. The van der Waals surface area contributed by atoms with Gasteiger partial charge in [-0.3, -0.25) is 10.1 Å². The maximum Gasteiger partial charge on any atom is 0.270 e. The molecule has 0 spiro atoms. The molecular formula is C18H22N4O2S. The quantitative estimate of drug-likeness (QED) is 0.606. The summed E-state index contributed by atoms with van der Waals surface area (Å²) in [7, 11) is 0. The van der Waals surface area contributed by atoms with Crippen LogP contribution in [0.15, 0.2) is 30.3 Å². The maximum absolute atomic E-state index is 11.0. The molecule has 7 heteroatoms. The summed E-state index contributed by atoms with van der Waals surface area (Å²) in [4.78, 5) is 22.2. The van der Waals surface area contributed by atoms with E-state index in [-0.39, 0.29) is 5.69 Å². The number of benzene rings is 1. The summed E-state index contributed by atoms with van der Waals surface area (Å²) in [5.41, 5.74) is 1.60. The second kappa shape index (κ2) is 7.82. The summed E-state index contributed by atoms with van der Waals surface area (Å²) in [6, 6.07) is 8.51. The molecule has 1 aromatic heterocycles. The number of rotatable bonds is 4. The molecule has 1 aromatic carbocycles. The summed E-state index contributed by atoms with van der Waals surface area (Å²) in [6.07, 6.45) is 5.80. The Bertz CT molecular complexity index is 768. The van der Waals surface area contributed by atoms with E-state index in [1.54, 1.807) is 6.07 Å². The fourth-order valence-corrected chi connectivity index (χ4v) is 3.84. The average molecular weight is 358 g/mol. The molecule has 2 aromatic rings. The predicted molar refractivity (Wildman–Crippen MR) is 102 cm³/mol. The van der Waals surface area contributed by atoms with Crippen molar-refractivity contribution in [2.24, 2.45) is 0 Å². The summed E-state index contributed by atoms with van der Waals surface area (Å²) in [6.45, 7) is 3.91. The largest absolute Gasteiger partial charge is 0.355 e. The van der Waals surface area contributed by atoms with E-state index in [0.29, 0.717) is 16.6 Å². The van der Waals surface area contributed by atoms with Gasteiger partial charge in [0.2, 0.25) is 0 Å². The molecule has 0 radical (unpaired) electrons. The average Bonchev–Trinajstić information content (AvgIpc) is 2.87. The van der Waals surface area contributed by atoms with Gasteiger partial charge in [-0.2, -0.15) is 11.8 Å². The number of hydrogen-bond acceptors (Lipinski definition) is 6. The van der Waals surface area contributed by atoms with Crippen molar-refractivity contribution < 1.29 is 4.92 Å². The number of non-ortho nitro benzene ring substituents is 1. The van der Waals surface area contributed by atoms with Crippen LogP contribution >= 0.6 is 11.8 Å². The summed E-state index contributed by atoms with van der Waals surface area (Å²) >= 11 is 1.91. The van der Waals surface area contributed by atoms with Crippen LogP contribution < -0.4 is 4.90 Å². The van der Waals surface area contributed by atoms with Crippen LogP contribution in [0.25, 0.3) is 11.4 Å². The molecule has 0 amide bonds. The molecule has 1 aliphatic heterocycles. The second-order valence-corrected chi connectivity index (χ2v) is 7.44. The zero-order chi connectivity index (χ0) is 17.8. The topological polar surface area (TPSA) is 72.2 Å². The molecule has 132 valence electrons. The highest BCUT2D eigenvalue weighted by atomic mass is 32.2. The van der Waals surface area contributed by atoms with Crippen molar-refractivity contribution in [2.75, 3.05) is 24.2 Å². The van der Waals surface area contributed by atoms with Crippen molar-refractivity contribution in [2.45, 2.75) is 31.4 Å². The number of hydrogen-bond donors (Lipinski definition) is 0. The van der Waals surface area contributed by atoms with Crippen LogP contribution in [0.3, 0.4) is 0 Å². The van der Waals surface area contributed by atoms with Crippen LogP contribution in [0.1, 0.15) is 25.0 Å². The highest BCUT2D eigenvalue weighted by molar-refractivity contribution is 7.99. The fourth-order valence-electron chi connectivity index (χ4n) is 3.11. The van der Waals surface area contributed by atoms with Crippen LogP contribution in [0.2, 0.25) is 0 Å². The Hall–Kier alpha value is -2.15. The van der Waals surface area contributed by atoms with Gasteiger partial charge in [0, 0.05) is 47.8 Å². The molecule has 1 unspecified atom stereocenters. The molecule has 1 atom stereocenters. The molecule has 0 saturated carbocycles. The first-order chi connectivity index (χ1) is 12.1. The van der Waals surface area contributed by atoms with Gasteiger partial charge in [-0.25, -0.2) is 9.97 Å². The Morgan fingerprint density at radius 1 is 1.28 bits per heavy atom. The van der Waals surface area contributed by atoms with Crippen LogP contribution in [-0.4, -0.2) is 39.5 Å². The fraction of sp³-hybridized carbons (Fsp3) is 0.444. The molecule has 0 aliphatic carbocycles. The Morgan fingerprint density at radius 2 is 2.12 bits per heavy atom. The lowest BCUT2D eigenvalue weighted by Gasteiger charge is -2.25. The molecular weight excluding hydrogens is 336 g/mol. The molecule has 3 rings (SSSR count). The minimum Gasteiger partial charge on any atom is -0.355 e. The zero-order valence-corrected chi connectivity index (χ0v) is 15.3. The van der Waals surface area contributed by atoms with E-state index in [9.17, 15) is 10.1 Å². The van der Waals surface area contributed by atoms with Gasteiger partial charge >= 0.3 is 0 Å². The third kappa shape index (κ3) is 4.28. The standard InChI is InChI=1S/C18H22N4O2S/c1-13-10-17(21-9-4-3-8-16(12-21)25-2)20-18(19-13)14-6-5-7-15(11-14)22(23)24/h5-7,10-11,16H,3-4,8-9,12H2,1-2H3. The van der Waals surface area contributed by atoms with E-state index in [1.807, 2.05) is 30.8 Å². The molecule has 6 nitrogen and oxygen atoms in total. The Balaban J connectivity index is 1.95. The molecule has 1 aliphatic rings. The summed E-state index contributed by atoms with van der Waals surface area (Å²) in [5, 5.41) is 11.6. The van der Waals surface area contributed by atoms with Gasteiger partial charge in [0.1, 0.15) is 5.82 Å². The van der Waals surface area contributed by atoms with E-state index in [2.05, 4.69) is 16.1 Å². The third-order valence-corrected chi connectivity index (χ3v) is 5.49. The SMILES string of the molecule is CSC1CCCCN(c2cc(C)nc(-c3cccc([N+](=O)[O-])c3)n2)C1. The number of aryl methyl sites for hydroxylation is 1. The first-order valence-corrected chi connectivity index (χ1v) is 9.74. The number of aromatic nitrogens is 2. The van der Waals surface area contributed by atoms with Crippen molar-refractivity contribution in [3.8, 4) is 11.4 Å². The minimum atomic E-state index is -0.391. The van der Waals surface area contributed by atoms with Crippen molar-refractivity contribution >= 4 is 23.3 Å². The van der Waals surface area contributed by atoms with Gasteiger partial charge in [-0.05, 0) is 26.0 Å². The van der Waals surface area contributed by atoms with Crippen molar-refractivity contribution in [3.05, 3.63) is 46.1 Å². The Morgan fingerprint density at radius 3 is 2.88 bits per heavy atom. The summed E-state index contributed by atoms with van der Waals surface area (Å²) < 4.78 is 0. The van der Waals surface area contributed by atoms with Gasteiger partial charge in [0.05, 0.1) is 4.92 Å². The molecule has 0 bridgehead atoms. The number of thioether (sulfide) groups is 1. The lowest BCUT2D eigenvalue weighted by Crippen LogP contribution is -2.30. The molecule has 1 saturated heterocycles. The van der Waals surface area contributed by atoms with E-state index in [1.165, 1.54) is 25.0 Å². The van der Waals surface area contributed by atoms with Gasteiger partial charge < -0.3 is 4.90 Å². The minimum absolute atomic E-state index is 0.0568. The number of anilines is 1. The monoisotopic (exact) mass is 358 g/mol. The molecule has 1 fully saturated rings. The maximum atomic E-state index is 11.0. The van der Waals surface area contributed by atoms with Gasteiger partial charge in [0.25, 0.3) is 5.69 Å². The highest BCUT2D eigenvalue weighted by Gasteiger charge is 2.20. The number of nitro groups is 1. The van der Waals surface area contributed by atoms with Gasteiger partial charge in [-0.1, -0.05) is 18.6 Å². The van der Waals surface area contributed by atoms with Crippen molar-refractivity contribution in [1.82, 2.24) is 9.97 Å². The third-order valence-electron chi connectivity index (χ3n) is 4.44. The number of nitrogens with zero attached hydrogens (tertiary/aromatic N) is 4. The summed E-state index contributed by atoms with van der Waals surface area (Å²) in [5.74, 6) is 1.46. The van der Waals surface area contributed by atoms with E-state index in [0.717, 1.165) is 31.0 Å². The lowest BCUT2D eigenvalue weighted by molar-refractivity contribution is -0.384. The smallest absolute Gasteiger partial charge is 0.270 e. The van der Waals surface area contributed by atoms with E-state index >= 15 is 0 Å².